The molecular weight excluding hydrogens is 284 g/mol. The van der Waals surface area contributed by atoms with Gasteiger partial charge in [-0.3, -0.25) is 0 Å². The van der Waals surface area contributed by atoms with E-state index >= 15 is 0 Å². The van der Waals surface area contributed by atoms with Crippen LogP contribution >= 0.6 is 0 Å². The molecule has 0 aliphatic heterocycles. The van der Waals surface area contributed by atoms with E-state index in [0.29, 0.717) is 6.42 Å². The summed E-state index contributed by atoms with van der Waals surface area (Å²) >= 11 is 0. The smallest absolute Gasteiger partial charge is 0.211 e. The monoisotopic (exact) mass is 312 g/mol. The minimum absolute atomic E-state index is 0.0241. The van der Waals surface area contributed by atoms with E-state index in [0.717, 1.165) is 32.4 Å². The van der Waals surface area contributed by atoms with Gasteiger partial charge in [0.1, 0.15) is 0 Å². The number of unbranched alkanes of at least 4 members (excludes halogenated alkanes) is 1. The number of hydrogen-bond acceptors (Lipinski definition) is 3. The summed E-state index contributed by atoms with van der Waals surface area (Å²) in [7, 11) is -3.15. The zero-order valence-corrected chi connectivity index (χ0v) is 14.0. The van der Waals surface area contributed by atoms with Gasteiger partial charge in [-0.2, -0.15) is 0 Å². The summed E-state index contributed by atoms with van der Waals surface area (Å²) in [5.74, 6) is 0.216. The van der Waals surface area contributed by atoms with E-state index in [4.69, 9.17) is 0 Å². The Morgan fingerprint density at radius 2 is 1.86 bits per heavy atom. The van der Waals surface area contributed by atoms with Gasteiger partial charge < -0.3 is 5.32 Å². The minimum Gasteiger partial charge on any atom is -0.317 e. The molecule has 1 aromatic rings. The molecule has 0 saturated carbocycles. The van der Waals surface area contributed by atoms with Crippen LogP contribution in [0.4, 0.5) is 0 Å². The Hall–Kier alpha value is -0.910. The molecule has 21 heavy (non-hydrogen) atoms. The molecule has 0 bridgehead atoms. The van der Waals surface area contributed by atoms with Gasteiger partial charge in [0.25, 0.3) is 0 Å². The lowest BCUT2D eigenvalue weighted by Gasteiger charge is -2.14. The molecule has 1 atom stereocenters. The van der Waals surface area contributed by atoms with Crippen molar-refractivity contribution in [3.05, 3.63) is 35.9 Å². The molecule has 0 saturated heterocycles. The molecule has 0 heterocycles. The number of sulfonamides is 1. The van der Waals surface area contributed by atoms with Crippen molar-refractivity contribution in [1.29, 1.82) is 0 Å². The Morgan fingerprint density at radius 1 is 1.14 bits per heavy atom. The van der Waals surface area contributed by atoms with Crippen molar-refractivity contribution in [2.75, 3.05) is 18.8 Å². The van der Waals surface area contributed by atoms with Gasteiger partial charge in [0.05, 0.1) is 5.75 Å². The molecule has 2 N–H and O–H groups in total. The van der Waals surface area contributed by atoms with Crippen LogP contribution in [-0.4, -0.2) is 33.3 Å². The average molecular weight is 312 g/mol. The van der Waals surface area contributed by atoms with Gasteiger partial charge in [-0.25, -0.2) is 13.1 Å². The van der Waals surface area contributed by atoms with Gasteiger partial charge in [0, 0.05) is 6.04 Å². The summed E-state index contributed by atoms with van der Waals surface area (Å²) < 4.78 is 26.7. The molecule has 120 valence electrons. The summed E-state index contributed by atoms with van der Waals surface area (Å²) in [4.78, 5) is 0. The second kappa shape index (κ2) is 9.92. The van der Waals surface area contributed by atoms with Crippen LogP contribution < -0.4 is 10.0 Å². The number of aryl methyl sites for hydroxylation is 1. The van der Waals surface area contributed by atoms with E-state index in [1.807, 2.05) is 32.0 Å². The van der Waals surface area contributed by atoms with E-state index in [1.54, 1.807) is 0 Å². The quantitative estimate of drug-likeness (QED) is 0.617. The SMILES string of the molecule is CCNCCCCS(=O)(=O)NC(C)CCc1ccccc1. The Balaban J connectivity index is 2.24. The van der Waals surface area contributed by atoms with Crippen LogP contribution in [0.5, 0.6) is 0 Å². The third-order valence-corrected chi connectivity index (χ3v) is 4.94. The zero-order chi connectivity index (χ0) is 15.6. The molecule has 4 nitrogen and oxygen atoms in total. The maximum Gasteiger partial charge on any atom is 0.211 e. The second-order valence-electron chi connectivity index (χ2n) is 5.42. The first-order valence-electron chi connectivity index (χ1n) is 7.78. The van der Waals surface area contributed by atoms with Crippen molar-refractivity contribution in [3.63, 3.8) is 0 Å². The highest BCUT2D eigenvalue weighted by atomic mass is 32.2. The highest BCUT2D eigenvalue weighted by Crippen LogP contribution is 2.06. The Morgan fingerprint density at radius 3 is 2.52 bits per heavy atom. The summed E-state index contributed by atoms with van der Waals surface area (Å²) in [6, 6.07) is 10.1. The zero-order valence-electron chi connectivity index (χ0n) is 13.1. The molecule has 1 unspecified atom stereocenters. The normalized spacial score (nSPS) is 13.2. The van der Waals surface area contributed by atoms with E-state index in [1.165, 1.54) is 5.56 Å². The van der Waals surface area contributed by atoms with Gasteiger partial charge in [-0.05, 0) is 51.3 Å². The summed E-state index contributed by atoms with van der Waals surface area (Å²) in [6.07, 6.45) is 3.31. The maximum atomic E-state index is 12.0. The highest BCUT2D eigenvalue weighted by Gasteiger charge is 2.13. The maximum absolute atomic E-state index is 12.0. The predicted octanol–water partition coefficient (Wildman–Crippen LogP) is 2.32. The lowest BCUT2D eigenvalue weighted by Crippen LogP contribution is -2.34. The Labute approximate surface area is 129 Å². The Kier molecular flexibility index (Phi) is 8.57. The van der Waals surface area contributed by atoms with Crippen molar-refractivity contribution in [2.24, 2.45) is 0 Å². The molecule has 5 heteroatoms. The largest absolute Gasteiger partial charge is 0.317 e. The molecule has 0 aliphatic rings. The van der Waals surface area contributed by atoms with Gasteiger partial charge >= 0.3 is 0 Å². The van der Waals surface area contributed by atoms with Crippen molar-refractivity contribution in [1.82, 2.24) is 10.0 Å². The fourth-order valence-electron chi connectivity index (χ4n) is 2.17. The molecule has 1 aromatic carbocycles. The fourth-order valence-corrected chi connectivity index (χ4v) is 3.60. The molecule has 0 fully saturated rings. The molecule has 0 spiro atoms. The van der Waals surface area contributed by atoms with Crippen LogP contribution in [-0.2, 0) is 16.4 Å². The second-order valence-corrected chi connectivity index (χ2v) is 7.30. The van der Waals surface area contributed by atoms with Crippen molar-refractivity contribution < 1.29 is 8.42 Å². The highest BCUT2D eigenvalue weighted by molar-refractivity contribution is 7.89. The van der Waals surface area contributed by atoms with E-state index in [2.05, 4.69) is 22.2 Å². The molecule has 0 aromatic heterocycles. The number of nitrogens with one attached hydrogen (secondary N) is 2. The van der Waals surface area contributed by atoms with Crippen LogP contribution in [0.3, 0.4) is 0 Å². The first-order chi connectivity index (χ1) is 10.0. The van der Waals surface area contributed by atoms with Gasteiger partial charge in [-0.1, -0.05) is 37.3 Å². The standard InChI is InChI=1S/C16H28N2O2S/c1-3-17-13-7-8-14-21(19,20)18-15(2)11-12-16-9-5-4-6-10-16/h4-6,9-10,15,17-18H,3,7-8,11-14H2,1-2H3. The van der Waals surface area contributed by atoms with E-state index in [9.17, 15) is 8.42 Å². The number of hydrogen-bond donors (Lipinski definition) is 2. The van der Waals surface area contributed by atoms with Crippen LogP contribution in [0, 0.1) is 0 Å². The fraction of sp³-hybridized carbons (Fsp3) is 0.625. The first-order valence-corrected chi connectivity index (χ1v) is 9.43. The lowest BCUT2D eigenvalue weighted by atomic mass is 10.1. The average Bonchev–Trinajstić information content (AvgIpc) is 2.45. The Bertz CT molecular complexity index is 474. The van der Waals surface area contributed by atoms with E-state index in [-0.39, 0.29) is 11.8 Å². The minimum atomic E-state index is -3.15. The first kappa shape index (κ1) is 18.1. The van der Waals surface area contributed by atoms with Crippen LogP contribution in [0.1, 0.15) is 38.7 Å². The lowest BCUT2D eigenvalue weighted by molar-refractivity contribution is 0.542. The van der Waals surface area contributed by atoms with Crippen LogP contribution in [0.2, 0.25) is 0 Å². The molecule has 0 amide bonds. The van der Waals surface area contributed by atoms with E-state index < -0.39 is 10.0 Å². The van der Waals surface area contributed by atoms with Crippen LogP contribution in [0.15, 0.2) is 30.3 Å². The molecule has 1 rings (SSSR count). The summed E-state index contributed by atoms with van der Waals surface area (Å²) in [5, 5.41) is 3.20. The van der Waals surface area contributed by atoms with Crippen molar-refractivity contribution >= 4 is 10.0 Å². The third-order valence-electron chi connectivity index (χ3n) is 3.36. The summed E-state index contributed by atoms with van der Waals surface area (Å²) in [5.41, 5.74) is 1.24. The molecular formula is C16H28N2O2S. The van der Waals surface area contributed by atoms with Crippen molar-refractivity contribution in [2.45, 2.75) is 45.6 Å². The molecule has 0 aliphatic carbocycles. The number of benzene rings is 1. The van der Waals surface area contributed by atoms with Gasteiger partial charge in [0.2, 0.25) is 10.0 Å². The predicted molar refractivity (Wildman–Crippen MR) is 88.9 cm³/mol. The topological polar surface area (TPSA) is 58.2 Å². The van der Waals surface area contributed by atoms with Crippen molar-refractivity contribution in [3.8, 4) is 0 Å². The number of rotatable bonds is 11. The van der Waals surface area contributed by atoms with Crippen LogP contribution in [0.25, 0.3) is 0 Å². The van der Waals surface area contributed by atoms with Gasteiger partial charge in [-0.15, -0.1) is 0 Å². The molecule has 0 radical (unpaired) electrons. The van der Waals surface area contributed by atoms with Gasteiger partial charge in [0.15, 0.2) is 0 Å². The summed E-state index contributed by atoms with van der Waals surface area (Å²) in [6.45, 7) is 5.79. The third kappa shape index (κ3) is 8.86.